The molecule has 1 aromatic rings. The van der Waals surface area contributed by atoms with Gasteiger partial charge in [-0.05, 0) is 24.6 Å². The topological polar surface area (TPSA) is 37.3 Å². The standard InChI is InChI=1S/C9H6BrF3O2/c1-4-2-7(10)6(9(11,12)13)3-5(4)8(14)15/h2-3H,1H3,(H,14,15). The van der Waals surface area contributed by atoms with E-state index < -0.39 is 17.7 Å². The lowest BCUT2D eigenvalue weighted by molar-refractivity contribution is -0.138. The Balaban J connectivity index is 3.43. The Morgan fingerprint density at radius 2 is 1.93 bits per heavy atom. The summed E-state index contributed by atoms with van der Waals surface area (Å²) in [5.74, 6) is -1.37. The number of hydrogen-bond acceptors (Lipinski definition) is 1. The van der Waals surface area contributed by atoms with Crippen LogP contribution in [0.1, 0.15) is 21.5 Å². The minimum Gasteiger partial charge on any atom is -0.478 e. The fraction of sp³-hybridized carbons (Fsp3) is 0.222. The summed E-state index contributed by atoms with van der Waals surface area (Å²) in [7, 11) is 0. The van der Waals surface area contributed by atoms with Gasteiger partial charge in [-0.15, -0.1) is 0 Å². The van der Waals surface area contributed by atoms with Crippen LogP contribution in [0.5, 0.6) is 0 Å². The van der Waals surface area contributed by atoms with E-state index in [2.05, 4.69) is 15.9 Å². The Bertz CT molecular complexity index is 413. The van der Waals surface area contributed by atoms with Crippen molar-refractivity contribution in [1.82, 2.24) is 0 Å². The summed E-state index contributed by atoms with van der Waals surface area (Å²) in [5, 5.41) is 8.66. The number of carboxylic acids is 1. The lowest BCUT2D eigenvalue weighted by atomic mass is 10.0. The number of aryl methyl sites for hydroxylation is 1. The summed E-state index contributed by atoms with van der Waals surface area (Å²) < 4.78 is 37.0. The summed E-state index contributed by atoms with van der Waals surface area (Å²) in [6.07, 6.45) is -4.56. The van der Waals surface area contributed by atoms with Gasteiger partial charge in [-0.25, -0.2) is 4.79 Å². The van der Waals surface area contributed by atoms with Crippen molar-refractivity contribution < 1.29 is 23.1 Å². The highest BCUT2D eigenvalue weighted by atomic mass is 79.9. The minimum atomic E-state index is -4.56. The molecule has 0 fully saturated rings. The average molecular weight is 283 g/mol. The molecule has 1 aromatic carbocycles. The lowest BCUT2D eigenvalue weighted by Gasteiger charge is -2.11. The van der Waals surface area contributed by atoms with Crippen LogP contribution in [0.4, 0.5) is 13.2 Å². The monoisotopic (exact) mass is 282 g/mol. The molecule has 1 rings (SSSR count). The summed E-state index contributed by atoms with van der Waals surface area (Å²) in [4.78, 5) is 10.6. The fourth-order valence-corrected chi connectivity index (χ4v) is 1.80. The van der Waals surface area contributed by atoms with E-state index in [-0.39, 0.29) is 15.6 Å². The van der Waals surface area contributed by atoms with Gasteiger partial charge in [-0.1, -0.05) is 15.9 Å². The summed E-state index contributed by atoms with van der Waals surface area (Å²) in [5.41, 5.74) is -1.04. The van der Waals surface area contributed by atoms with Gasteiger partial charge in [0.25, 0.3) is 0 Å². The van der Waals surface area contributed by atoms with E-state index in [4.69, 9.17) is 5.11 Å². The maximum Gasteiger partial charge on any atom is 0.417 e. The van der Waals surface area contributed by atoms with Crippen LogP contribution in [0.15, 0.2) is 16.6 Å². The highest BCUT2D eigenvalue weighted by molar-refractivity contribution is 9.10. The molecule has 0 aromatic heterocycles. The van der Waals surface area contributed by atoms with Gasteiger partial charge in [0.1, 0.15) is 0 Å². The molecule has 0 atom stereocenters. The highest BCUT2D eigenvalue weighted by Crippen LogP contribution is 2.36. The maximum atomic E-state index is 12.4. The van der Waals surface area contributed by atoms with Crippen LogP contribution in [0, 0.1) is 6.92 Å². The molecule has 0 aliphatic carbocycles. The van der Waals surface area contributed by atoms with Gasteiger partial charge in [-0.3, -0.25) is 0 Å². The van der Waals surface area contributed by atoms with E-state index in [0.717, 1.165) is 6.07 Å². The molecule has 0 bridgehead atoms. The fourth-order valence-electron chi connectivity index (χ4n) is 1.12. The van der Waals surface area contributed by atoms with Crippen molar-refractivity contribution in [3.05, 3.63) is 33.3 Å². The van der Waals surface area contributed by atoms with Gasteiger partial charge in [0.15, 0.2) is 0 Å². The SMILES string of the molecule is Cc1cc(Br)c(C(F)(F)F)cc1C(=O)O. The van der Waals surface area contributed by atoms with E-state index in [0.29, 0.717) is 6.07 Å². The zero-order chi connectivity index (χ0) is 11.8. The molecule has 0 heterocycles. The smallest absolute Gasteiger partial charge is 0.417 e. The van der Waals surface area contributed by atoms with Crippen molar-refractivity contribution in [1.29, 1.82) is 0 Å². The van der Waals surface area contributed by atoms with E-state index in [1.165, 1.54) is 6.92 Å². The Kier molecular flexibility index (Phi) is 3.08. The molecule has 0 saturated carbocycles. The predicted octanol–water partition coefficient (Wildman–Crippen LogP) is 3.47. The van der Waals surface area contributed by atoms with Crippen LogP contribution in [-0.4, -0.2) is 11.1 Å². The van der Waals surface area contributed by atoms with Crippen LogP contribution < -0.4 is 0 Å². The first-order valence-corrected chi connectivity index (χ1v) is 4.63. The Labute approximate surface area is 91.8 Å². The second-order valence-corrected chi connectivity index (χ2v) is 3.80. The van der Waals surface area contributed by atoms with Gasteiger partial charge in [0.2, 0.25) is 0 Å². The number of benzene rings is 1. The number of hydrogen-bond donors (Lipinski definition) is 1. The molecule has 15 heavy (non-hydrogen) atoms. The highest BCUT2D eigenvalue weighted by Gasteiger charge is 2.34. The molecular weight excluding hydrogens is 277 g/mol. The molecule has 0 aliphatic rings. The molecule has 0 aliphatic heterocycles. The van der Waals surface area contributed by atoms with Crippen LogP contribution in [-0.2, 0) is 6.18 Å². The second kappa shape index (κ2) is 3.84. The second-order valence-electron chi connectivity index (χ2n) is 2.95. The zero-order valence-corrected chi connectivity index (χ0v) is 9.11. The number of carboxylic acid groups (broad SMARTS) is 1. The lowest BCUT2D eigenvalue weighted by Crippen LogP contribution is -2.10. The molecule has 0 amide bonds. The molecule has 0 spiro atoms. The molecule has 0 saturated heterocycles. The third-order valence-electron chi connectivity index (χ3n) is 1.85. The molecule has 82 valence electrons. The maximum absolute atomic E-state index is 12.4. The molecule has 0 radical (unpaired) electrons. The van der Waals surface area contributed by atoms with Crippen molar-refractivity contribution in [2.45, 2.75) is 13.1 Å². The molecular formula is C9H6BrF3O2. The Morgan fingerprint density at radius 1 is 1.40 bits per heavy atom. The van der Waals surface area contributed by atoms with E-state index in [9.17, 15) is 18.0 Å². The van der Waals surface area contributed by atoms with Crippen molar-refractivity contribution in [3.63, 3.8) is 0 Å². The van der Waals surface area contributed by atoms with Gasteiger partial charge < -0.3 is 5.11 Å². The summed E-state index contributed by atoms with van der Waals surface area (Å²) in [6, 6.07) is 1.77. The van der Waals surface area contributed by atoms with Crippen molar-refractivity contribution in [2.24, 2.45) is 0 Å². The van der Waals surface area contributed by atoms with Crippen molar-refractivity contribution in [3.8, 4) is 0 Å². The van der Waals surface area contributed by atoms with E-state index in [1.54, 1.807) is 0 Å². The van der Waals surface area contributed by atoms with Gasteiger partial charge in [0, 0.05) is 4.47 Å². The third-order valence-corrected chi connectivity index (χ3v) is 2.51. The number of aromatic carboxylic acids is 1. The Morgan fingerprint density at radius 3 is 2.33 bits per heavy atom. The molecule has 6 heteroatoms. The zero-order valence-electron chi connectivity index (χ0n) is 7.52. The minimum absolute atomic E-state index is 0.155. The normalized spacial score (nSPS) is 11.5. The van der Waals surface area contributed by atoms with Crippen LogP contribution in [0.2, 0.25) is 0 Å². The number of rotatable bonds is 1. The van der Waals surface area contributed by atoms with Crippen LogP contribution >= 0.6 is 15.9 Å². The van der Waals surface area contributed by atoms with Crippen LogP contribution in [0.3, 0.4) is 0 Å². The molecule has 2 nitrogen and oxygen atoms in total. The first-order chi connectivity index (χ1) is 6.73. The molecule has 1 N–H and O–H groups in total. The summed E-state index contributed by atoms with van der Waals surface area (Å²) in [6.45, 7) is 1.44. The predicted molar refractivity (Wildman–Crippen MR) is 50.8 cm³/mol. The largest absolute Gasteiger partial charge is 0.478 e. The van der Waals surface area contributed by atoms with E-state index in [1.807, 2.05) is 0 Å². The average Bonchev–Trinajstić information content (AvgIpc) is 2.00. The number of carbonyl (C=O) groups is 1. The Hall–Kier alpha value is -1.04. The molecule has 0 unspecified atom stereocenters. The van der Waals surface area contributed by atoms with Gasteiger partial charge in [0.05, 0.1) is 11.1 Å². The quantitative estimate of drug-likeness (QED) is 0.856. The van der Waals surface area contributed by atoms with Gasteiger partial charge in [-0.2, -0.15) is 13.2 Å². The number of halogens is 4. The van der Waals surface area contributed by atoms with Crippen molar-refractivity contribution >= 4 is 21.9 Å². The van der Waals surface area contributed by atoms with Gasteiger partial charge >= 0.3 is 12.1 Å². The van der Waals surface area contributed by atoms with Crippen LogP contribution in [0.25, 0.3) is 0 Å². The first kappa shape index (κ1) is 12.0. The summed E-state index contributed by atoms with van der Waals surface area (Å²) >= 11 is 2.75. The third kappa shape index (κ3) is 2.50. The van der Waals surface area contributed by atoms with E-state index >= 15 is 0 Å². The number of alkyl halides is 3. The first-order valence-electron chi connectivity index (χ1n) is 3.84. The van der Waals surface area contributed by atoms with Crippen molar-refractivity contribution in [2.75, 3.05) is 0 Å².